The Balaban J connectivity index is 2.02. The van der Waals surface area contributed by atoms with Crippen molar-refractivity contribution in [2.75, 3.05) is 5.32 Å². The molecule has 0 aliphatic heterocycles. The third-order valence-corrected chi connectivity index (χ3v) is 2.85. The summed E-state index contributed by atoms with van der Waals surface area (Å²) in [6.45, 7) is -1.23. The summed E-state index contributed by atoms with van der Waals surface area (Å²) >= 11 is 0. The average Bonchev–Trinajstić information content (AvgIpc) is 2.75. The van der Waals surface area contributed by atoms with E-state index in [0.717, 1.165) is 16.8 Å². The molecule has 5 nitrogen and oxygen atoms in total. The molecule has 22 heavy (non-hydrogen) atoms. The van der Waals surface area contributed by atoms with Crippen LogP contribution in [0.25, 0.3) is 10.9 Å². The minimum absolute atomic E-state index is 0.130. The molecular formula is C13H9F4N5. The van der Waals surface area contributed by atoms with Crippen LogP contribution in [-0.4, -0.2) is 25.9 Å². The van der Waals surface area contributed by atoms with Crippen LogP contribution < -0.4 is 5.32 Å². The van der Waals surface area contributed by atoms with Crippen molar-refractivity contribution in [3.63, 3.8) is 0 Å². The lowest BCUT2D eigenvalue weighted by molar-refractivity contribution is -0.141. The van der Waals surface area contributed by atoms with E-state index in [1.165, 1.54) is 24.7 Å². The van der Waals surface area contributed by atoms with Crippen LogP contribution in [0.3, 0.4) is 0 Å². The van der Waals surface area contributed by atoms with Gasteiger partial charge in [-0.25, -0.2) is 9.37 Å². The lowest BCUT2D eigenvalue weighted by Crippen LogP contribution is -2.18. The second kappa shape index (κ2) is 5.24. The van der Waals surface area contributed by atoms with Crippen molar-refractivity contribution < 1.29 is 17.6 Å². The number of anilines is 2. The number of aromatic nitrogens is 4. The molecular weight excluding hydrogens is 302 g/mol. The van der Waals surface area contributed by atoms with E-state index in [0.29, 0.717) is 5.39 Å². The molecule has 3 aromatic rings. The molecule has 3 heterocycles. The van der Waals surface area contributed by atoms with E-state index in [4.69, 9.17) is 0 Å². The number of pyridine rings is 2. The van der Waals surface area contributed by atoms with Crippen molar-refractivity contribution in [3.8, 4) is 0 Å². The van der Waals surface area contributed by atoms with Gasteiger partial charge in [-0.1, -0.05) is 0 Å². The van der Waals surface area contributed by atoms with E-state index in [9.17, 15) is 17.6 Å². The Morgan fingerprint density at radius 2 is 2.00 bits per heavy atom. The van der Waals surface area contributed by atoms with Crippen molar-refractivity contribution >= 4 is 22.5 Å². The Bertz CT molecular complexity index is 812. The van der Waals surface area contributed by atoms with E-state index in [2.05, 4.69) is 20.4 Å². The number of nitrogens with zero attached hydrogens (tertiary/aromatic N) is 4. The molecule has 3 rings (SSSR count). The van der Waals surface area contributed by atoms with Crippen LogP contribution in [0.4, 0.5) is 29.2 Å². The number of alkyl halides is 3. The predicted octanol–water partition coefficient (Wildman–Crippen LogP) is 3.27. The minimum Gasteiger partial charge on any atom is -0.323 e. The highest BCUT2D eigenvalue weighted by atomic mass is 19.4. The highest BCUT2D eigenvalue weighted by Crippen LogP contribution is 2.27. The Morgan fingerprint density at radius 3 is 2.73 bits per heavy atom. The van der Waals surface area contributed by atoms with E-state index in [1.54, 1.807) is 0 Å². The summed E-state index contributed by atoms with van der Waals surface area (Å²) in [6.07, 6.45) is -0.403. The molecule has 0 aromatic carbocycles. The first-order chi connectivity index (χ1) is 10.4. The van der Waals surface area contributed by atoms with Gasteiger partial charge in [-0.15, -0.1) is 0 Å². The lowest BCUT2D eigenvalue weighted by atomic mass is 10.3. The number of fused-ring (bicyclic) bond motifs is 1. The highest BCUT2D eigenvalue weighted by molar-refractivity contribution is 5.90. The second-order valence-electron chi connectivity index (χ2n) is 4.50. The van der Waals surface area contributed by atoms with Crippen LogP contribution in [0.5, 0.6) is 0 Å². The quantitative estimate of drug-likeness (QED) is 0.754. The first kappa shape index (κ1) is 14.2. The average molecular weight is 311 g/mol. The predicted molar refractivity (Wildman–Crippen MR) is 71.1 cm³/mol. The number of rotatable bonds is 3. The van der Waals surface area contributed by atoms with Crippen LogP contribution in [0, 0.1) is 5.82 Å². The first-order valence-corrected chi connectivity index (χ1v) is 6.18. The Labute approximate surface area is 121 Å². The summed E-state index contributed by atoms with van der Waals surface area (Å²) in [4.78, 5) is 7.76. The Hall–Kier alpha value is -2.71. The van der Waals surface area contributed by atoms with Gasteiger partial charge in [0, 0.05) is 24.7 Å². The summed E-state index contributed by atoms with van der Waals surface area (Å²) < 4.78 is 51.8. The molecule has 0 bridgehead atoms. The molecule has 0 radical (unpaired) electrons. The first-order valence-electron chi connectivity index (χ1n) is 6.18. The van der Waals surface area contributed by atoms with Crippen molar-refractivity contribution in [2.24, 2.45) is 0 Å². The van der Waals surface area contributed by atoms with Crippen LogP contribution in [0.15, 0.2) is 36.8 Å². The van der Waals surface area contributed by atoms with Gasteiger partial charge in [0.05, 0.1) is 10.9 Å². The molecule has 0 unspecified atom stereocenters. The zero-order chi connectivity index (χ0) is 15.7. The number of hydrogen-bond acceptors (Lipinski definition) is 4. The summed E-state index contributed by atoms with van der Waals surface area (Å²) in [7, 11) is 0. The summed E-state index contributed by atoms with van der Waals surface area (Å²) in [6, 6.07) is 3.70. The third-order valence-electron chi connectivity index (χ3n) is 2.85. The maximum Gasteiger partial charge on any atom is 0.408 e. The summed E-state index contributed by atoms with van der Waals surface area (Å²) in [5.41, 5.74) is 0.270. The van der Waals surface area contributed by atoms with E-state index in [1.807, 2.05) is 0 Å². The molecule has 0 amide bonds. The third kappa shape index (κ3) is 2.97. The van der Waals surface area contributed by atoms with E-state index < -0.39 is 18.5 Å². The maximum atomic E-state index is 13.1. The lowest BCUT2D eigenvalue weighted by Gasteiger charge is -2.06. The van der Waals surface area contributed by atoms with Crippen LogP contribution >= 0.6 is 0 Å². The standard InChI is InChI=1S/C13H9F4N5/c14-8-1-4-19-11(5-8)20-12-9-6-18-3-2-10(9)22(21-12)7-13(15,16)17/h1-6H,7H2,(H,19,20,21). The molecule has 0 saturated carbocycles. The van der Waals surface area contributed by atoms with Crippen LogP contribution in [0.2, 0.25) is 0 Å². The van der Waals surface area contributed by atoms with Crippen molar-refractivity contribution in [3.05, 3.63) is 42.6 Å². The second-order valence-corrected chi connectivity index (χ2v) is 4.50. The van der Waals surface area contributed by atoms with Gasteiger partial charge in [0.25, 0.3) is 0 Å². The van der Waals surface area contributed by atoms with Crippen molar-refractivity contribution in [1.29, 1.82) is 0 Å². The van der Waals surface area contributed by atoms with Gasteiger partial charge < -0.3 is 5.32 Å². The molecule has 0 saturated heterocycles. The fourth-order valence-corrected chi connectivity index (χ4v) is 2.00. The SMILES string of the molecule is Fc1ccnc(Nc2nn(CC(F)(F)F)c3ccncc23)c1. The van der Waals surface area contributed by atoms with Gasteiger partial charge in [-0.3, -0.25) is 9.67 Å². The van der Waals surface area contributed by atoms with Gasteiger partial charge in [0.15, 0.2) is 5.82 Å². The number of hydrogen-bond donors (Lipinski definition) is 1. The summed E-state index contributed by atoms with van der Waals surface area (Å²) in [5.74, 6) is -0.248. The minimum atomic E-state index is -4.41. The van der Waals surface area contributed by atoms with Crippen molar-refractivity contribution in [2.45, 2.75) is 12.7 Å². The number of halogens is 4. The van der Waals surface area contributed by atoms with Gasteiger partial charge in [0.2, 0.25) is 0 Å². The zero-order valence-corrected chi connectivity index (χ0v) is 11.0. The van der Waals surface area contributed by atoms with Crippen LogP contribution in [-0.2, 0) is 6.54 Å². The van der Waals surface area contributed by atoms with Gasteiger partial charge in [0.1, 0.15) is 18.2 Å². The van der Waals surface area contributed by atoms with Crippen molar-refractivity contribution in [1.82, 2.24) is 19.7 Å². The normalized spacial score (nSPS) is 11.8. The summed E-state index contributed by atoms with van der Waals surface area (Å²) in [5, 5.41) is 6.97. The molecule has 3 aromatic heterocycles. The molecule has 114 valence electrons. The molecule has 9 heteroatoms. The molecule has 0 aliphatic rings. The monoisotopic (exact) mass is 311 g/mol. The number of nitrogens with one attached hydrogen (secondary N) is 1. The smallest absolute Gasteiger partial charge is 0.323 e. The Morgan fingerprint density at radius 1 is 1.18 bits per heavy atom. The van der Waals surface area contributed by atoms with E-state index in [-0.39, 0.29) is 17.2 Å². The molecule has 0 aliphatic carbocycles. The van der Waals surface area contributed by atoms with Crippen LogP contribution in [0.1, 0.15) is 0 Å². The largest absolute Gasteiger partial charge is 0.408 e. The maximum absolute atomic E-state index is 13.1. The topological polar surface area (TPSA) is 55.6 Å². The molecule has 0 atom stereocenters. The van der Waals surface area contributed by atoms with E-state index >= 15 is 0 Å². The molecule has 0 fully saturated rings. The van der Waals surface area contributed by atoms with Gasteiger partial charge in [-0.05, 0) is 12.1 Å². The van der Waals surface area contributed by atoms with Gasteiger partial charge >= 0.3 is 6.18 Å². The molecule has 0 spiro atoms. The fraction of sp³-hybridized carbons (Fsp3) is 0.154. The molecule has 1 N–H and O–H groups in total. The Kier molecular flexibility index (Phi) is 3.39. The fourth-order valence-electron chi connectivity index (χ4n) is 2.00. The highest BCUT2D eigenvalue weighted by Gasteiger charge is 2.30. The zero-order valence-electron chi connectivity index (χ0n) is 11.0. The van der Waals surface area contributed by atoms with Gasteiger partial charge in [-0.2, -0.15) is 18.3 Å².